The maximum atomic E-state index is 11.4. The van der Waals surface area contributed by atoms with Crippen molar-refractivity contribution >= 4 is 11.8 Å². The highest BCUT2D eigenvalue weighted by atomic mass is 16.5. The molecular formula is C12H19N3O2. The standard InChI is InChI=1S/C12H19N3O2/c1-3-12(5-4-6-12)7-15-8-14-9(10(15)13)11(16)17-2/h8H,3-7,13H2,1-2H3. The number of nitrogen functional groups attached to an aromatic ring is 1. The summed E-state index contributed by atoms with van der Waals surface area (Å²) in [7, 11) is 1.33. The van der Waals surface area contributed by atoms with Crippen molar-refractivity contribution in [2.75, 3.05) is 12.8 Å². The summed E-state index contributed by atoms with van der Waals surface area (Å²) in [6.45, 7) is 3.05. The first kappa shape index (κ1) is 12.0. The molecule has 0 spiro atoms. The quantitative estimate of drug-likeness (QED) is 0.811. The van der Waals surface area contributed by atoms with Crippen LogP contribution in [0.1, 0.15) is 43.1 Å². The van der Waals surface area contributed by atoms with Crippen LogP contribution in [0, 0.1) is 5.41 Å². The minimum Gasteiger partial charge on any atom is -0.464 e. The van der Waals surface area contributed by atoms with E-state index in [1.807, 2.05) is 4.57 Å². The van der Waals surface area contributed by atoms with Crippen LogP contribution in [0.3, 0.4) is 0 Å². The Morgan fingerprint density at radius 2 is 2.35 bits per heavy atom. The normalized spacial score (nSPS) is 17.5. The van der Waals surface area contributed by atoms with Gasteiger partial charge in [-0.2, -0.15) is 0 Å². The molecule has 0 bridgehead atoms. The zero-order valence-electron chi connectivity index (χ0n) is 10.4. The van der Waals surface area contributed by atoms with Crippen molar-refractivity contribution in [1.29, 1.82) is 0 Å². The number of hydrogen-bond donors (Lipinski definition) is 1. The number of nitrogens with two attached hydrogens (primary N) is 1. The second kappa shape index (κ2) is 4.39. The molecule has 0 aliphatic heterocycles. The number of ether oxygens (including phenoxy) is 1. The maximum Gasteiger partial charge on any atom is 0.360 e. The number of methoxy groups -OCH3 is 1. The van der Waals surface area contributed by atoms with Gasteiger partial charge in [0.15, 0.2) is 5.69 Å². The van der Waals surface area contributed by atoms with E-state index in [1.165, 1.54) is 26.4 Å². The number of rotatable bonds is 4. The fourth-order valence-corrected chi connectivity index (χ4v) is 2.43. The van der Waals surface area contributed by atoms with E-state index < -0.39 is 5.97 Å². The highest BCUT2D eigenvalue weighted by Crippen LogP contribution is 2.45. The van der Waals surface area contributed by atoms with Crippen LogP contribution in [0.15, 0.2) is 6.33 Å². The van der Waals surface area contributed by atoms with Crippen LogP contribution in [0.4, 0.5) is 5.82 Å². The van der Waals surface area contributed by atoms with E-state index in [2.05, 4.69) is 16.6 Å². The molecule has 0 unspecified atom stereocenters. The molecule has 1 aromatic heterocycles. The average molecular weight is 237 g/mol. The molecule has 2 N–H and O–H groups in total. The topological polar surface area (TPSA) is 70.1 Å². The van der Waals surface area contributed by atoms with Crippen LogP contribution in [-0.2, 0) is 11.3 Å². The van der Waals surface area contributed by atoms with Gasteiger partial charge in [0.05, 0.1) is 13.4 Å². The molecule has 5 nitrogen and oxygen atoms in total. The first-order valence-electron chi connectivity index (χ1n) is 6.01. The van der Waals surface area contributed by atoms with Crippen LogP contribution < -0.4 is 5.73 Å². The molecule has 0 atom stereocenters. The molecule has 1 saturated carbocycles. The zero-order chi connectivity index (χ0) is 12.5. The van der Waals surface area contributed by atoms with E-state index in [4.69, 9.17) is 5.73 Å². The van der Waals surface area contributed by atoms with Crippen molar-refractivity contribution in [2.45, 2.75) is 39.2 Å². The number of hydrogen-bond acceptors (Lipinski definition) is 4. The number of carbonyl (C=O) groups excluding carboxylic acids is 1. The number of aromatic nitrogens is 2. The summed E-state index contributed by atoms with van der Waals surface area (Å²) in [6, 6.07) is 0. The Bertz CT molecular complexity index is 416. The van der Waals surface area contributed by atoms with Gasteiger partial charge >= 0.3 is 5.97 Å². The molecule has 0 aromatic carbocycles. The van der Waals surface area contributed by atoms with E-state index in [0.717, 1.165) is 13.0 Å². The lowest BCUT2D eigenvalue weighted by molar-refractivity contribution is 0.0595. The van der Waals surface area contributed by atoms with Crippen molar-refractivity contribution in [3.8, 4) is 0 Å². The smallest absolute Gasteiger partial charge is 0.360 e. The third-order valence-corrected chi connectivity index (χ3v) is 3.93. The number of anilines is 1. The molecular weight excluding hydrogens is 218 g/mol. The number of nitrogens with zero attached hydrogens (tertiary/aromatic N) is 2. The van der Waals surface area contributed by atoms with Gasteiger partial charge < -0.3 is 15.0 Å². The molecule has 1 aromatic rings. The van der Waals surface area contributed by atoms with E-state index in [-0.39, 0.29) is 5.69 Å². The van der Waals surface area contributed by atoms with Crippen LogP contribution in [0.25, 0.3) is 0 Å². The Morgan fingerprint density at radius 3 is 2.82 bits per heavy atom. The summed E-state index contributed by atoms with van der Waals surface area (Å²) in [4.78, 5) is 15.4. The van der Waals surface area contributed by atoms with Crippen LogP contribution in [0.2, 0.25) is 0 Å². The van der Waals surface area contributed by atoms with E-state index in [0.29, 0.717) is 11.2 Å². The molecule has 2 rings (SSSR count). The number of esters is 1. The Morgan fingerprint density at radius 1 is 1.65 bits per heavy atom. The van der Waals surface area contributed by atoms with E-state index in [9.17, 15) is 4.79 Å². The largest absolute Gasteiger partial charge is 0.464 e. The van der Waals surface area contributed by atoms with Gasteiger partial charge in [-0.3, -0.25) is 0 Å². The average Bonchev–Trinajstić information content (AvgIpc) is 2.64. The van der Waals surface area contributed by atoms with Gasteiger partial charge in [-0.25, -0.2) is 9.78 Å². The molecule has 1 aliphatic rings. The predicted molar refractivity (Wildman–Crippen MR) is 64.6 cm³/mol. The Labute approximate surface area is 101 Å². The van der Waals surface area contributed by atoms with Crippen molar-refractivity contribution in [1.82, 2.24) is 9.55 Å². The lowest BCUT2D eigenvalue weighted by Crippen LogP contribution is -2.33. The van der Waals surface area contributed by atoms with Crippen LogP contribution >= 0.6 is 0 Å². The van der Waals surface area contributed by atoms with Crippen molar-refractivity contribution in [2.24, 2.45) is 5.41 Å². The van der Waals surface area contributed by atoms with Gasteiger partial charge in [0.2, 0.25) is 0 Å². The van der Waals surface area contributed by atoms with Crippen LogP contribution in [-0.4, -0.2) is 22.6 Å². The lowest BCUT2D eigenvalue weighted by atomic mass is 9.67. The van der Waals surface area contributed by atoms with Gasteiger partial charge in [0.25, 0.3) is 0 Å². The summed E-state index contributed by atoms with van der Waals surface area (Å²) < 4.78 is 6.50. The van der Waals surface area contributed by atoms with Crippen LogP contribution in [0.5, 0.6) is 0 Å². The molecule has 0 radical (unpaired) electrons. The summed E-state index contributed by atoms with van der Waals surface area (Å²) in [5, 5.41) is 0. The zero-order valence-corrected chi connectivity index (χ0v) is 10.4. The Kier molecular flexibility index (Phi) is 3.09. The monoisotopic (exact) mass is 237 g/mol. The fraction of sp³-hybridized carbons (Fsp3) is 0.667. The molecule has 17 heavy (non-hydrogen) atoms. The third-order valence-electron chi connectivity index (χ3n) is 3.93. The first-order chi connectivity index (χ1) is 8.12. The van der Waals surface area contributed by atoms with Gasteiger partial charge in [0.1, 0.15) is 5.82 Å². The molecule has 0 saturated heterocycles. The van der Waals surface area contributed by atoms with Gasteiger partial charge in [-0.05, 0) is 24.7 Å². The van der Waals surface area contributed by atoms with E-state index in [1.54, 1.807) is 6.33 Å². The molecule has 1 fully saturated rings. The van der Waals surface area contributed by atoms with Crippen molar-refractivity contribution in [3.63, 3.8) is 0 Å². The maximum absolute atomic E-state index is 11.4. The molecule has 94 valence electrons. The van der Waals surface area contributed by atoms with Gasteiger partial charge in [-0.15, -0.1) is 0 Å². The Balaban J connectivity index is 2.17. The molecule has 0 amide bonds. The second-order valence-electron chi connectivity index (χ2n) is 4.81. The molecule has 5 heteroatoms. The highest BCUT2D eigenvalue weighted by molar-refractivity contribution is 5.92. The summed E-state index contributed by atoms with van der Waals surface area (Å²) in [5.74, 6) is -0.0583. The number of carbonyl (C=O) groups is 1. The minimum atomic E-state index is -0.472. The highest BCUT2D eigenvalue weighted by Gasteiger charge is 2.36. The summed E-state index contributed by atoms with van der Waals surface area (Å²) >= 11 is 0. The molecule has 1 aliphatic carbocycles. The van der Waals surface area contributed by atoms with Gasteiger partial charge in [-0.1, -0.05) is 13.3 Å². The molecule has 1 heterocycles. The minimum absolute atomic E-state index is 0.220. The first-order valence-corrected chi connectivity index (χ1v) is 6.01. The van der Waals surface area contributed by atoms with Crippen molar-refractivity contribution in [3.05, 3.63) is 12.0 Å². The lowest BCUT2D eigenvalue weighted by Gasteiger charge is -2.41. The van der Waals surface area contributed by atoms with Crippen molar-refractivity contribution < 1.29 is 9.53 Å². The SMILES string of the molecule is CCC1(Cn2cnc(C(=O)OC)c2N)CCC1. The third kappa shape index (κ3) is 2.01. The Hall–Kier alpha value is -1.52. The van der Waals surface area contributed by atoms with E-state index >= 15 is 0 Å². The fourth-order valence-electron chi connectivity index (χ4n) is 2.43. The van der Waals surface area contributed by atoms with Gasteiger partial charge in [0, 0.05) is 6.54 Å². The predicted octanol–water partition coefficient (Wildman–Crippen LogP) is 1.83. The second-order valence-corrected chi connectivity index (χ2v) is 4.81. The summed E-state index contributed by atoms with van der Waals surface area (Å²) in [5.41, 5.74) is 6.49. The summed E-state index contributed by atoms with van der Waals surface area (Å²) in [6.07, 6.45) is 6.52. The number of imidazole rings is 1.